The van der Waals surface area contributed by atoms with E-state index in [1.54, 1.807) is 0 Å². The summed E-state index contributed by atoms with van der Waals surface area (Å²) in [6.07, 6.45) is 1.63. The van der Waals surface area contributed by atoms with Gasteiger partial charge in [-0.3, -0.25) is 0 Å². The van der Waals surface area contributed by atoms with Crippen LogP contribution in [0.3, 0.4) is 0 Å². The Morgan fingerprint density at radius 1 is 1.42 bits per heavy atom. The van der Waals surface area contributed by atoms with E-state index in [1.807, 2.05) is 13.8 Å². The second kappa shape index (κ2) is 4.85. The van der Waals surface area contributed by atoms with Crippen LogP contribution in [0.1, 0.15) is 32.3 Å². The largest absolute Gasteiger partial charge is 0.392 e. The van der Waals surface area contributed by atoms with Crippen LogP contribution < -0.4 is 0 Å². The fourth-order valence-electron chi connectivity index (χ4n) is 2.49. The Hall–Kier alpha value is -0.980. The summed E-state index contributed by atoms with van der Waals surface area (Å²) in [5.41, 5.74) is -0.426. The fourth-order valence-corrected chi connectivity index (χ4v) is 4.39. The van der Waals surface area contributed by atoms with E-state index in [4.69, 9.17) is 5.11 Å². The highest BCUT2D eigenvalue weighted by molar-refractivity contribution is 7.89. The van der Waals surface area contributed by atoms with Crippen molar-refractivity contribution in [2.24, 2.45) is 0 Å². The summed E-state index contributed by atoms with van der Waals surface area (Å²) in [5.74, 6) is -0.595. The molecule has 0 unspecified atom stereocenters. The van der Waals surface area contributed by atoms with Crippen molar-refractivity contribution in [3.63, 3.8) is 0 Å². The summed E-state index contributed by atoms with van der Waals surface area (Å²) in [5, 5.41) is 9.03. The van der Waals surface area contributed by atoms with Gasteiger partial charge in [-0.05, 0) is 44.9 Å². The third-order valence-electron chi connectivity index (χ3n) is 3.60. The van der Waals surface area contributed by atoms with Crippen molar-refractivity contribution in [3.8, 4) is 0 Å². The lowest BCUT2D eigenvalue weighted by atomic mass is 10.0. The molecule has 19 heavy (non-hydrogen) atoms. The van der Waals surface area contributed by atoms with Gasteiger partial charge in [0.2, 0.25) is 10.0 Å². The molecule has 1 saturated heterocycles. The second-order valence-electron chi connectivity index (χ2n) is 5.40. The molecule has 1 heterocycles. The number of hydrogen-bond donors (Lipinski definition) is 1. The van der Waals surface area contributed by atoms with Crippen LogP contribution in [0.2, 0.25) is 0 Å². The first kappa shape index (κ1) is 14.4. The molecule has 106 valence electrons. The van der Waals surface area contributed by atoms with Crippen LogP contribution in [0, 0.1) is 5.82 Å². The van der Waals surface area contributed by atoms with E-state index >= 15 is 0 Å². The normalized spacial score (nSPS) is 19.8. The zero-order valence-electron chi connectivity index (χ0n) is 11.1. The number of aliphatic hydroxyl groups excluding tert-OH is 1. The van der Waals surface area contributed by atoms with E-state index in [0.717, 1.165) is 18.9 Å². The monoisotopic (exact) mass is 287 g/mol. The van der Waals surface area contributed by atoms with E-state index in [-0.39, 0.29) is 10.5 Å². The summed E-state index contributed by atoms with van der Waals surface area (Å²) in [6, 6.07) is 3.54. The standard InChI is InChI=1S/C13H18FNO3S/c1-13(2)6-3-7-15(13)19(17,18)11-4-5-12(14)10(8-11)9-16/h4-5,8,16H,3,6-7,9H2,1-2H3. The quantitative estimate of drug-likeness (QED) is 0.923. The lowest BCUT2D eigenvalue weighted by Gasteiger charge is -2.30. The van der Waals surface area contributed by atoms with Gasteiger partial charge >= 0.3 is 0 Å². The molecular formula is C13H18FNO3S. The van der Waals surface area contributed by atoms with Crippen LogP contribution in [-0.4, -0.2) is 29.9 Å². The molecule has 0 spiro atoms. The van der Waals surface area contributed by atoms with E-state index in [9.17, 15) is 12.8 Å². The lowest BCUT2D eigenvalue weighted by Crippen LogP contribution is -2.42. The number of benzene rings is 1. The molecule has 1 aliphatic heterocycles. The molecule has 1 aromatic carbocycles. The van der Waals surface area contributed by atoms with Gasteiger partial charge in [-0.2, -0.15) is 4.31 Å². The fraction of sp³-hybridized carbons (Fsp3) is 0.538. The third kappa shape index (κ3) is 2.52. The van der Waals surface area contributed by atoms with Crippen molar-refractivity contribution in [1.82, 2.24) is 4.31 Å². The molecule has 1 aromatic rings. The summed E-state index contributed by atoms with van der Waals surface area (Å²) in [4.78, 5) is 0.0351. The zero-order valence-corrected chi connectivity index (χ0v) is 11.9. The number of sulfonamides is 1. The molecule has 0 aromatic heterocycles. The summed E-state index contributed by atoms with van der Waals surface area (Å²) in [6.45, 7) is 3.72. The molecule has 6 heteroatoms. The minimum atomic E-state index is -3.64. The zero-order chi connectivity index (χ0) is 14.3. The van der Waals surface area contributed by atoms with E-state index in [2.05, 4.69) is 0 Å². The molecule has 1 N–H and O–H groups in total. The maximum absolute atomic E-state index is 13.3. The van der Waals surface area contributed by atoms with Gasteiger partial charge in [0.25, 0.3) is 0 Å². The molecule has 0 bridgehead atoms. The number of halogens is 1. The first-order valence-electron chi connectivity index (χ1n) is 6.21. The van der Waals surface area contributed by atoms with Gasteiger partial charge in [-0.25, -0.2) is 12.8 Å². The summed E-state index contributed by atoms with van der Waals surface area (Å²) >= 11 is 0. The average molecular weight is 287 g/mol. The second-order valence-corrected chi connectivity index (χ2v) is 7.27. The maximum atomic E-state index is 13.3. The molecule has 0 aliphatic carbocycles. The molecule has 0 atom stereocenters. The van der Waals surface area contributed by atoms with Crippen molar-refractivity contribution in [3.05, 3.63) is 29.6 Å². The predicted molar refractivity (Wildman–Crippen MR) is 69.5 cm³/mol. The number of hydrogen-bond acceptors (Lipinski definition) is 3. The molecular weight excluding hydrogens is 269 g/mol. The van der Waals surface area contributed by atoms with Crippen molar-refractivity contribution in [1.29, 1.82) is 0 Å². The van der Waals surface area contributed by atoms with Gasteiger partial charge in [-0.1, -0.05) is 0 Å². The summed E-state index contributed by atoms with van der Waals surface area (Å²) in [7, 11) is -3.64. The minimum Gasteiger partial charge on any atom is -0.392 e. The van der Waals surface area contributed by atoms with E-state index in [1.165, 1.54) is 16.4 Å². The first-order valence-corrected chi connectivity index (χ1v) is 7.65. The van der Waals surface area contributed by atoms with Gasteiger partial charge in [0.1, 0.15) is 5.82 Å². The Balaban J connectivity index is 2.45. The average Bonchev–Trinajstić information content (AvgIpc) is 2.70. The molecule has 0 amide bonds. The van der Waals surface area contributed by atoms with Gasteiger partial charge in [0, 0.05) is 17.6 Å². The lowest BCUT2D eigenvalue weighted by molar-refractivity contribution is 0.275. The number of aliphatic hydroxyl groups is 1. The topological polar surface area (TPSA) is 57.6 Å². The smallest absolute Gasteiger partial charge is 0.243 e. The first-order chi connectivity index (χ1) is 8.79. The van der Waals surface area contributed by atoms with Crippen LogP contribution in [0.15, 0.2) is 23.1 Å². The minimum absolute atomic E-state index is 0.00178. The highest BCUT2D eigenvalue weighted by atomic mass is 32.2. The van der Waals surface area contributed by atoms with Crippen molar-refractivity contribution in [2.45, 2.75) is 43.7 Å². The van der Waals surface area contributed by atoms with Crippen molar-refractivity contribution < 1.29 is 17.9 Å². The Morgan fingerprint density at radius 2 is 2.11 bits per heavy atom. The Bertz CT molecular complexity index is 584. The molecule has 0 radical (unpaired) electrons. The van der Waals surface area contributed by atoms with E-state index < -0.39 is 28.0 Å². The van der Waals surface area contributed by atoms with Gasteiger partial charge in [0.15, 0.2) is 0 Å². The maximum Gasteiger partial charge on any atom is 0.243 e. The Kier molecular flexibility index (Phi) is 3.68. The van der Waals surface area contributed by atoms with E-state index in [0.29, 0.717) is 6.54 Å². The van der Waals surface area contributed by atoms with Crippen LogP contribution in [0.5, 0.6) is 0 Å². The molecule has 0 saturated carbocycles. The SMILES string of the molecule is CC1(C)CCCN1S(=O)(=O)c1ccc(F)c(CO)c1. The highest BCUT2D eigenvalue weighted by Gasteiger charge is 2.40. The van der Waals surface area contributed by atoms with Gasteiger partial charge in [-0.15, -0.1) is 0 Å². The Labute approximate surface area is 112 Å². The molecule has 1 fully saturated rings. The van der Waals surface area contributed by atoms with Gasteiger partial charge in [0.05, 0.1) is 11.5 Å². The van der Waals surface area contributed by atoms with Crippen molar-refractivity contribution in [2.75, 3.05) is 6.54 Å². The highest BCUT2D eigenvalue weighted by Crippen LogP contribution is 2.34. The van der Waals surface area contributed by atoms with Gasteiger partial charge < -0.3 is 5.11 Å². The number of rotatable bonds is 3. The molecule has 2 rings (SSSR count). The number of nitrogens with zero attached hydrogens (tertiary/aromatic N) is 1. The Morgan fingerprint density at radius 3 is 2.63 bits per heavy atom. The predicted octanol–water partition coefficient (Wildman–Crippen LogP) is 1.88. The molecule has 1 aliphatic rings. The van der Waals surface area contributed by atoms with Crippen LogP contribution in [-0.2, 0) is 16.6 Å². The summed E-state index contributed by atoms with van der Waals surface area (Å²) < 4.78 is 39.9. The van der Waals surface area contributed by atoms with Crippen molar-refractivity contribution >= 4 is 10.0 Å². The molecule has 4 nitrogen and oxygen atoms in total. The van der Waals surface area contributed by atoms with Crippen LogP contribution in [0.4, 0.5) is 4.39 Å². The van der Waals surface area contributed by atoms with Crippen LogP contribution >= 0.6 is 0 Å². The van der Waals surface area contributed by atoms with Crippen LogP contribution in [0.25, 0.3) is 0 Å². The third-order valence-corrected chi connectivity index (χ3v) is 5.71.